The number of benzene rings is 2. The average molecular weight is 265 g/mol. The zero-order valence-corrected chi connectivity index (χ0v) is 10.9. The fraction of sp³-hybridized carbons (Fsp3) is 0. The first-order valence-corrected chi connectivity index (χ1v) is 6.74. The second-order valence-electron chi connectivity index (χ2n) is 4.14. The van der Waals surface area contributed by atoms with E-state index in [9.17, 15) is 4.79 Å². The molecule has 1 aromatic heterocycles. The van der Waals surface area contributed by atoms with Crippen LogP contribution in [0.25, 0.3) is 11.3 Å². The van der Waals surface area contributed by atoms with Gasteiger partial charge < -0.3 is 0 Å². The van der Waals surface area contributed by atoms with Gasteiger partial charge in [0.1, 0.15) is 0 Å². The lowest BCUT2D eigenvalue weighted by Crippen LogP contribution is -1.97. The smallest absolute Gasteiger partial charge is 0.204 e. The zero-order valence-electron chi connectivity index (χ0n) is 10.1. The van der Waals surface area contributed by atoms with E-state index in [1.54, 1.807) is 0 Å². The molecule has 0 aliphatic heterocycles. The maximum Gasteiger partial charge on any atom is 0.204 e. The minimum Gasteiger partial charge on any atom is -0.288 e. The highest BCUT2D eigenvalue weighted by molar-refractivity contribution is 7.08. The monoisotopic (exact) mass is 265 g/mol. The molecule has 0 saturated heterocycles. The Hall–Kier alpha value is -2.26. The summed E-state index contributed by atoms with van der Waals surface area (Å²) in [4.78, 5) is 12.9. The summed E-state index contributed by atoms with van der Waals surface area (Å²) < 4.78 is 4.35. The number of rotatable bonds is 3. The van der Waals surface area contributed by atoms with Gasteiger partial charge in [0.25, 0.3) is 0 Å². The van der Waals surface area contributed by atoms with Crippen LogP contribution in [0.2, 0.25) is 0 Å². The van der Waals surface area contributed by atoms with Crippen molar-refractivity contribution in [3.8, 4) is 11.3 Å². The highest BCUT2D eigenvalue weighted by Gasteiger charge is 2.13. The van der Waals surface area contributed by atoms with E-state index in [0.717, 1.165) is 11.3 Å². The van der Waals surface area contributed by atoms with Crippen LogP contribution in [-0.2, 0) is 0 Å². The van der Waals surface area contributed by atoms with Crippen LogP contribution in [0.4, 0.5) is 0 Å². The molecule has 0 unspecified atom stereocenters. The Morgan fingerprint density at radius 1 is 0.895 bits per heavy atom. The third-order valence-electron chi connectivity index (χ3n) is 2.84. The maximum atomic E-state index is 12.3. The fourth-order valence-electron chi connectivity index (χ4n) is 1.86. The molecule has 0 N–H and O–H groups in total. The van der Waals surface area contributed by atoms with Crippen LogP contribution in [-0.4, -0.2) is 10.2 Å². The third kappa shape index (κ3) is 2.46. The highest BCUT2D eigenvalue weighted by atomic mass is 32.1. The van der Waals surface area contributed by atoms with Crippen LogP contribution in [0.5, 0.6) is 0 Å². The number of ketones is 1. The molecule has 0 saturated carbocycles. The largest absolute Gasteiger partial charge is 0.288 e. The fourth-order valence-corrected chi connectivity index (χ4v) is 2.58. The highest BCUT2D eigenvalue weighted by Crippen LogP contribution is 2.23. The number of carbonyl (C=O) groups is 1. The van der Waals surface area contributed by atoms with Crippen LogP contribution >= 0.6 is 11.5 Å². The minimum absolute atomic E-state index is 0.0280. The first-order valence-electron chi connectivity index (χ1n) is 5.96. The quantitative estimate of drug-likeness (QED) is 0.669. The molecule has 2 aromatic carbocycles. The molecule has 0 spiro atoms. The van der Waals surface area contributed by atoms with Gasteiger partial charge in [-0.05, 0) is 17.6 Å². The maximum absolute atomic E-state index is 12.3. The van der Waals surface area contributed by atoms with Crippen molar-refractivity contribution in [2.45, 2.75) is 0 Å². The molecule has 0 aliphatic carbocycles. The molecule has 0 radical (unpaired) electrons. The Morgan fingerprint density at radius 3 is 2.21 bits per heavy atom. The Labute approximate surface area is 115 Å². The van der Waals surface area contributed by atoms with Crippen molar-refractivity contribution in [1.82, 2.24) is 4.37 Å². The molecule has 3 aromatic rings. The van der Waals surface area contributed by atoms with Crippen LogP contribution in [0.3, 0.4) is 0 Å². The second kappa shape index (κ2) is 5.16. The van der Waals surface area contributed by atoms with Gasteiger partial charge in [0, 0.05) is 11.1 Å². The summed E-state index contributed by atoms with van der Waals surface area (Å²) in [6.07, 6.45) is 0. The lowest BCUT2D eigenvalue weighted by Gasteiger charge is -1.96. The average Bonchev–Trinajstić information content (AvgIpc) is 2.98. The summed E-state index contributed by atoms with van der Waals surface area (Å²) in [7, 11) is 0. The van der Waals surface area contributed by atoms with Gasteiger partial charge in [-0.1, -0.05) is 60.7 Å². The van der Waals surface area contributed by atoms with Gasteiger partial charge in [0.05, 0.1) is 10.6 Å². The van der Waals surface area contributed by atoms with Crippen molar-refractivity contribution in [2.24, 2.45) is 0 Å². The van der Waals surface area contributed by atoms with Gasteiger partial charge in [-0.2, -0.15) is 4.37 Å². The van der Waals surface area contributed by atoms with Crippen molar-refractivity contribution >= 4 is 17.3 Å². The molecule has 0 aliphatic rings. The Morgan fingerprint density at radius 2 is 1.53 bits per heavy atom. The standard InChI is InChI=1S/C16H11NOS/c18-16(13-9-5-2-6-10-13)15-11-14(17-19-15)12-7-3-1-4-8-12/h1-11H. The number of hydrogen-bond acceptors (Lipinski definition) is 3. The molecule has 0 atom stereocenters. The Kier molecular flexibility index (Phi) is 3.21. The van der Waals surface area contributed by atoms with Gasteiger partial charge in [-0.25, -0.2) is 0 Å². The van der Waals surface area contributed by atoms with E-state index in [4.69, 9.17) is 0 Å². The summed E-state index contributed by atoms with van der Waals surface area (Å²) in [5, 5.41) is 0. The van der Waals surface area contributed by atoms with Gasteiger partial charge in [-0.15, -0.1) is 0 Å². The molecule has 92 valence electrons. The summed E-state index contributed by atoms with van der Waals surface area (Å²) in [6, 6.07) is 21.0. The van der Waals surface area contributed by atoms with Crippen LogP contribution in [0.15, 0.2) is 66.7 Å². The molecule has 1 heterocycles. The number of aromatic nitrogens is 1. The summed E-state index contributed by atoms with van der Waals surface area (Å²) in [5.74, 6) is 0.0280. The number of nitrogens with zero attached hydrogens (tertiary/aromatic N) is 1. The molecular weight excluding hydrogens is 254 g/mol. The van der Waals surface area contributed by atoms with Crippen molar-refractivity contribution in [2.75, 3.05) is 0 Å². The molecule has 0 amide bonds. The summed E-state index contributed by atoms with van der Waals surface area (Å²) in [5.41, 5.74) is 2.58. The minimum atomic E-state index is 0.0280. The van der Waals surface area contributed by atoms with E-state index in [0.29, 0.717) is 10.4 Å². The van der Waals surface area contributed by atoms with Crippen molar-refractivity contribution in [3.05, 3.63) is 77.2 Å². The van der Waals surface area contributed by atoms with Crippen LogP contribution in [0, 0.1) is 0 Å². The topological polar surface area (TPSA) is 30.0 Å². The lowest BCUT2D eigenvalue weighted by atomic mass is 10.1. The lowest BCUT2D eigenvalue weighted by molar-refractivity contribution is 0.104. The SMILES string of the molecule is O=C(c1ccccc1)c1cc(-c2ccccc2)ns1. The Bertz CT molecular complexity index is 689. The van der Waals surface area contributed by atoms with E-state index >= 15 is 0 Å². The van der Waals surface area contributed by atoms with Crippen molar-refractivity contribution in [3.63, 3.8) is 0 Å². The second-order valence-corrected chi connectivity index (χ2v) is 4.94. The number of hydrogen-bond donors (Lipinski definition) is 0. The zero-order chi connectivity index (χ0) is 13.1. The molecule has 19 heavy (non-hydrogen) atoms. The van der Waals surface area contributed by atoms with E-state index in [1.807, 2.05) is 66.7 Å². The van der Waals surface area contributed by atoms with Crippen LogP contribution in [0.1, 0.15) is 15.2 Å². The third-order valence-corrected chi connectivity index (χ3v) is 3.63. The predicted octanol–water partition coefficient (Wildman–Crippen LogP) is 4.04. The van der Waals surface area contributed by atoms with Crippen molar-refractivity contribution in [1.29, 1.82) is 0 Å². The van der Waals surface area contributed by atoms with Gasteiger partial charge in [0.2, 0.25) is 5.78 Å². The van der Waals surface area contributed by atoms with E-state index in [1.165, 1.54) is 11.5 Å². The molecule has 3 heteroatoms. The molecular formula is C16H11NOS. The molecule has 0 bridgehead atoms. The van der Waals surface area contributed by atoms with Gasteiger partial charge in [-0.3, -0.25) is 4.79 Å². The van der Waals surface area contributed by atoms with Crippen molar-refractivity contribution < 1.29 is 4.79 Å². The normalized spacial score (nSPS) is 10.3. The van der Waals surface area contributed by atoms with E-state index in [-0.39, 0.29) is 5.78 Å². The Balaban J connectivity index is 1.92. The number of carbonyl (C=O) groups excluding carboxylic acids is 1. The first-order chi connectivity index (χ1) is 9.34. The predicted molar refractivity (Wildman–Crippen MR) is 77.4 cm³/mol. The van der Waals surface area contributed by atoms with Crippen LogP contribution < -0.4 is 0 Å². The molecule has 2 nitrogen and oxygen atoms in total. The summed E-state index contributed by atoms with van der Waals surface area (Å²) >= 11 is 1.25. The van der Waals surface area contributed by atoms with E-state index in [2.05, 4.69) is 4.37 Å². The summed E-state index contributed by atoms with van der Waals surface area (Å²) in [6.45, 7) is 0. The van der Waals surface area contributed by atoms with E-state index < -0.39 is 0 Å². The molecule has 3 rings (SSSR count). The first kappa shape index (κ1) is 11.8. The van der Waals surface area contributed by atoms with Gasteiger partial charge in [0.15, 0.2) is 0 Å². The molecule has 0 fully saturated rings. The van der Waals surface area contributed by atoms with Gasteiger partial charge >= 0.3 is 0 Å².